The molecule has 10 nitrogen and oxygen atoms in total. The van der Waals surface area contributed by atoms with Gasteiger partial charge in [0.05, 0.1) is 10.6 Å². The highest BCUT2D eigenvalue weighted by atomic mass is 32.1. The molecule has 0 aliphatic rings. The predicted molar refractivity (Wildman–Crippen MR) is 103 cm³/mol. The van der Waals surface area contributed by atoms with Crippen LogP contribution >= 0.6 is 11.3 Å². The highest BCUT2D eigenvalue weighted by Gasteiger charge is 2.25. The molecular formula is C17H14N8O2S. The zero-order chi connectivity index (χ0) is 19.5. The lowest BCUT2D eigenvalue weighted by atomic mass is 10.1. The maximum absolute atomic E-state index is 12.7. The highest BCUT2D eigenvalue weighted by Crippen LogP contribution is 2.29. The van der Waals surface area contributed by atoms with Gasteiger partial charge in [-0.25, -0.2) is 10.1 Å². The standard InChI is InChI=1S/C17H14N8O2S/c1-10(11-6-3-2-4-7-11)19-21-17(26)13-14(12-8-5-9-28-12)25(24-20-13)16-15(18)22-27-23-16/h2-9H,1H3,(H2,18,22)(H,21,26)/b19-10+. The lowest BCUT2D eigenvalue weighted by molar-refractivity contribution is 0.0950. The van der Waals surface area contributed by atoms with Crippen LogP contribution in [0.4, 0.5) is 5.82 Å². The van der Waals surface area contributed by atoms with E-state index < -0.39 is 5.91 Å². The van der Waals surface area contributed by atoms with E-state index in [1.807, 2.05) is 47.8 Å². The third kappa shape index (κ3) is 3.25. The number of hydrogen-bond donors (Lipinski definition) is 2. The molecule has 0 fully saturated rings. The van der Waals surface area contributed by atoms with Crippen LogP contribution in [0, 0.1) is 0 Å². The van der Waals surface area contributed by atoms with Gasteiger partial charge < -0.3 is 5.73 Å². The zero-order valence-electron chi connectivity index (χ0n) is 14.6. The minimum absolute atomic E-state index is 0.0348. The van der Waals surface area contributed by atoms with Gasteiger partial charge in [-0.3, -0.25) is 4.79 Å². The Balaban J connectivity index is 1.69. The van der Waals surface area contributed by atoms with Gasteiger partial charge >= 0.3 is 0 Å². The largest absolute Gasteiger partial charge is 0.378 e. The van der Waals surface area contributed by atoms with E-state index >= 15 is 0 Å². The van der Waals surface area contributed by atoms with E-state index in [-0.39, 0.29) is 17.3 Å². The maximum Gasteiger partial charge on any atom is 0.294 e. The molecule has 28 heavy (non-hydrogen) atoms. The quantitative estimate of drug-likeness (QED) is 0.390. The molecule has 0 saturated carbocycles. The second-order valence-electron chi connectivity index (χ2n) is 5.65. The minimum Gasteiger partial charge on any atom is -0.378 e. The number of nitrogens with two attached hydrogens (primary N) is 1. The number of amides is 1. The lowest BCUT2D eigenvalue weighted by Gasteiger charge is -2.04. The topological polar surface area (TPSA) is 137 Å². The molecule has 4 aromatic rings. The molecule has 1 amide bonds. The normalized spacial score (nSPS) is 11.5. The van der Waals surface area contributed by atoms with Gasteiger partial charge in [0.1, 0.15) is 5.69 Å². The van der Waals surface area contributed by atoms with Crippen LogP contribution in [-0.4, -0.2) is 36.9 Å². The van der Waals surface area contributed by atoms with Crippen LogP contribution in [0.25, 0.3) is 16.4 Å². The van der Waals surface area contributed by atoms with Crippen molar-refractivity contribution in [3.8, 4) is 16.4 Å². The Bertz CT molecular complexity index is 1130. The fourth-order valence-corrected chi connectivity index (χ4v) is 3.24. The van der Waals surface area contributed by atoms with E-state index in [2.05, 4.69) is 35.8 Å². The SMILES string of the molecule is C/C(=N\NC(=O)c1nnn(-c2nonc2N)c1-c1cccs1)c1ccccc1. The molecule has 0 spiro atoms. The molecule has 0 bridgehead atoms. The number of nitrogen functional groups attached to an aromatic ring is 1. The number of hydrogen-bond acceptors (Lipinski definition) is 9. The van der Waals surface area contributed by atoms with E-state index in [4.69, 9.17) is 5.73 Å². The Hall–Kier alpha value is -3.86. The number of aromatic nitrogens is 5. The average molecular weight is 394 g/mol. The summed E-state index contributed by atoms with van der Waals surface area (Å²) in [5, 5.41) is 21.3. The fourth-order valence-electron chi connectivity index (χ4n) is 2.49. The number of carbonyl (C=O) groups is 1. The fraction of sp³-hybridized carbons (Fsp3) is 0.0588. The molecule has 1 aromatic carbocycles. The summed E-state index contributed by atoms with van der Waals surface area (Å²) in [6.07, 6.45) is 0. The number of anilines is 1. The Morgan fingerprint density at radius 3 is 2.71 bits per heavy atom. The Morgan fingerprint density at radius 1 is 1.21 bits per heavy atom. The number of hydrazone groups is 1. The van der Waals surface area contributed by atoms with Crippen molar-refractivity contribution in [2.75, 3.05) is 5.73 Å². The molecule has 0 unspecified atom stereocenters. The summed E-state index contributed by atoms with van der Waals surface area (Å²) in [6, 6.07) is 13.2. The first kappa shape index (κ1) is 17.5. The molecule has 0 aliphatic carbocycles. The van der Waals surface area contributed by atoms with E-state index in [1.165, 1.54) is 16.0 Å². The van der Waals surface area contributed by atoms with E-state index in [0.717, 1.165) is 10.4 Å². The average Bonchev–Trinajstić information content (AvgIpc) is 3.46. The van der Waals surface area contributed by atoms with Crippen LogP contribution in [-0.2, 0) is 0 Å². The second kappa shape index (κ2) is 7.40. The lowest BCUT2D eigenvalue weighted by Crippen LogP contribution is -2.20. The first-order chi connectivity index (χ1) is 13.6. The number of nitrogens with one attached hydrogen (secondary N) is 1. The van der Waals surface area contributed by atoms with Gasteiger partial charge in [0.25, 0.3) is 5.91 Å². The number of thiophene rings is 1. The molecule has 3 N–H and O–H groups in total. The maximum atomic E-state index is 12.7. The van der Waals surface area contributed by atoms with Crippen LogP contribution in [0.1, 0.15) is 23.0 Å². The van der Waals surface area contributed by atoms with Crippen molar-refractivity contribution in [3.05, 3.63) is 59.1 Å². The van der Waals surface area contributed by atoms with Gasteiger partial charge in [0.15, 0.2) is 5.69 Å². The molecule has 3 heterocycles. The van der Waals surface area contributed by atoms with E-state index in [9.17, 15) is 4.79 Å². The van der Waals surface area contributed by atoms with Gasteiger partial charge in [-0.05, 0) is 34.2 Å². The van der Waals surface area contributed by atoms with Crippen LogP contribution in [0.2, 0.25) is 0 Å². The van der Waals surface area contributed by atoms with Gasteiger partial charge in [0.2, 0.25) is 11.6 Å². The summed E-state index contributed by atoms with van der Waals surface area (Å²) in [5.41, 5.74) is 10.3. The van der Waals surface area contributed by atoms with Crippen molar-refractivity contribution in [2.24, 2.45) is 5.10 Å². The number of nitrogens with zero attached hydrogens (tertiary/aromatic N) is 6. The predicted octanol–water partition coefficient (Wildman–Crippen LogP) is 2.11. The molecule has 0 radical (unpaired) electrons. The molecule has 140 valence electrons. The van der Waals surface area contributed by atoms with E-state index in [0.29, 0.717) is 11.4 Å². The van der Waals surface area contributed by atoms with Crippen molar-refractivity contribution in [1.29, 1.82) is 0 Å². The first-order valence-electron chi connectivity index (χ1n) is 8.13. The molecule has 3 aromatic heterocycles. The Kier molecular flexibility index (Phi) is 4.64. The summed E-state index contributed by atoms with van der Waals surface area (Å²) in [4.78, 5) is 13.5. The van der Waals surface area contributed by atoms with Gasteiger partial charge in [-0.15, -0.1) is 16.4 Å². The second-order valence-corrected chi connectivity index (χ2v) is 6.60. The van der Waals surface area contributed by atoms with Crippen molar-refractivity contribution in [1.82, 2.24) is 30.7 Å². The third-order valence-electron chi connectivity index (χ3n) is 3.85. The highest BCUT2D eigenvalue weighted by molar-refractivity contribution is 7.13. The van der Waals surface area contributed by atoms with Crippen molar-refractivity contribution in [2.45, 2.75) is 6.92 Å². The summed E-state index contributed by atoms with van der Waals surface area (Å²) in [7, 11) is 0. The number of carbonyl (C=O) groups excluding carboxylic acids is 1. The Labute approximate surface area is 162 Å². The van der Waals surface area contributed by atoms with Crippen molar-refractivity contribution < 1.29 is 9.42 Å². The van der Waals surface area contributed by atoms with Crippen molar-refractivity contribution in [3.63, 3.8) is 0 Å². The minimum atomic E-state index is -0.514. The summed E-state index contributed by atoms with van der Waals surface area (Å²) >= 11 is 1.41. The van der Waals surface area contributed by atoms with Gasteiger partial charge in [-0.1, -0.05) is 41.6 Å². The van der Waals surface area contributed by atoms with Crippen molar-refractivity contribution >= 4 is 28.8 Å². The van der Waals surface area contributed by atoms with Crippen LogP contribution in [0.3, 0.4) is 0 Å². The molecular weight excluding hydrogens is 380 g/mol. The first-order valence-corrected chi connectivity index (χ1v) is 9.01. The molecule has 0 aliphatic heterocycles. The Morgan fingerprint density at radius 2 is 2.04 bits per heavy atom. The molecule has 11 heteroatoms. The van der Waals surface area contributed by atoms with Gasteiger partial charge in [-0.2, -0.15) is 9.78 Å². The van der Waals surface area contributed by atoms with Crippen LogP contribution < -0.4 is 11.2 Å². The summed E-state index contributed by atoms with van der Waals surface area (Å²) < 4.78 is 5.96. The summed E-state index contributed by atoms with van der Waals surface area (Å²) in [6.45, 7) is 1.80. The zero-order valence-corrected chi connectivity index (χ0v) is 15.4. The monoisotopic (exact) mass is 394 g/mol. The third-order valence-corrected chi connectivity index (χ3v) is 4.73. The smallest absolute Gasteiger partial charge is 0.294 e. The molecule has 0 atom stereocenters. The van der Waals surface area contributed by atoms with Gasteiger partial charge in [0, 0.05) is 0 Å². The molecule has 0 saturated heterocycles. The van der Waals surface area contributed by atoms with Crippen LogP contribution in [0.5, 0.6) is 0 Å². The summed E-state index contributed by atoms with van der Waals surface area (Å²) in [5.74, 6) is -0.327. The number of benzene rings is 1. The van der Waals surface area contributed by atoms with E-state index in [1.54, 1.807) is 6.92 Å². The number of rotatable bonds is 5. The van der Waals surface area contributed by atoms with Crippen LogP contribution in [0.15, 0.2) is 57.6 Å². The molecule has 4 rings (SSSR count).